The molecule has 156 valence electrons. The van der Waals surface area contributed by atoms with Gasteiger partial charge in [-0.1, -0.05) is 18.2 Å². The van der Waals surface area contributed by atoms with E-state index in [0.29, 0.717) is 24.9 Å². The van der Waals surface area contributed by atoms with Gasteiger partial charge in [0.05, 0.1) is 13.2 Å². The molecular weight excluding hydrogens is 469 g/mol. The van der Waals surface area contributed by atoms with E-state index in [9.17, 15) is 5.11 Å². The van der Waals surface area contributed by atoms with Gasteiger partial charge in [0, 0.05) is 13.1 Å². The van der Waals surface area contributed by atoms with Crippen molar-refractivity contribution in [3.63, 3.8) is 0 Å². The van der Waals surface area contributed by atoms with Crippen LogP contribution in [0.3, 0.4) is 0 Å². The number of guanidine groups is 1. The van der Waals surface area contributed by atoms with Crippen LogP contribution >= 0.6 is 24.0 Å². The molecule has 3 N–H and O–H groups in total. The summed E-state index contributed by atoms with van der Waals surface area (Å²) < 4.78 is 11.2. The first kappa shape index (κ1) is 24.3. The minimum atomic E-state index is -1.15. The molecule has 0 aliphatic carbocycles. The molecule has 0 radical (unpaired) electrons. The van der Waals surface area contributed by atoms with Crippen LogP contribution in [0.4, 0.5) is 0 Å². The number of nitrogens with one attached hydrogen (secondary N) is 2. The van der Waals surface area contributed by atoms with E-state index in [1.54, 1.807) is 13.0 Å². The van der Waals surface area contributed by atoms with Crippen molar-refractivity contribution in [1.82, 2.24) is 10.6 Å². The van der Waals surface area contributed by atoms with E-state index in [2.05, 4.69) is 21.7 Å². The van der Waals surface area contributed by atoms with E-state index in [0.717, 1.165) is 30.0 Å². The van der Waals surface area contributed by atoms with Gasteiger partial charge in [-0.3, -0.25) is 0 Å². The van der Waals surface area contributed by atoms with Crippen molar-refractivity contribution in [2.24, 2.45) is 4.99 Å². The molecule has 1 aromatic carbocycles. The van der Waals surface area contributed by atoms with Crippen LogP contribution in [-0.4, -0.2) is 37.3 Å². The first-order valence-electron chi connectivity index (χ1n) is 9.48. The Morgan fingerprint density at radius 3 is 2.57 bits per heavy atom. The number of para-hydroxylation sites is 1. The number of aliphatic imine (C=N–C) groups is 1. The lowest BCUT2D eigenvalue weighted by atomic mass is 10.0. The summed E-state index contributed by atoms with van der Waals surface area (Å²) in [5.74, 6) is 2.87. The zero-order valence-electron chi connectivity index (χ0n) is 17.1. The van der Waals surface area contributed by atoms with Crippen molar-refractivity contribution in [2.45, 2.75) is 39.7 Å². The number of halogens is 1. The molecule has 0 spiro atoms. The normalized spacial score (nSPS) is 13.4. The summed E-state index contributed by atoms with van der Waals surface area (Å²) in [4.78, 5) is 4.51. The van der Waals surface area contributed by atoms with Crippen LogP contribution in [0.1, 0.15) is 37.9 Å². The first-order valence-corrected chi connectivity index (χ1v) is 9.48. The third-order valence-electron chi connectivity index (χ3n) is 4.12. The van der Waals surface area contributed by atoms with Gasteiger partial charge in [-0.25, -0.2) is 4.99 Å². The lowest BCUT2D eigenvalue weighted by molar-refractivity contribution is 0.0428. The highest BCUT2D eigenvalue weighted by Gasteiger charge is 2.26. The molecule has 0 saturated carbocycles. The molecule has 0 aliphatic rings. The Balaban J connectivity index is 0.00000392. The lowest BCUT2D eigenvalue weighted by Crippen LogP contribution is -2.39. The molecule has 1 atom stereocenters. The summed E-state index contributed by atoms with van der Waals surface area (Å²) in [5.41, 5.74) is -0.00111. The van der Waals surface area contributed by atoms with Gasteiger partial charge >= 0.3 is 0 Å². The number of aliphatic hydroxyl groups is 1. The average Bonchev–Trinajstić information content (AvgIpc) is 3.09. The maximum atomic E-state index is 10.6. The second-order valence-corrected chi connectivity index (χ2v) is 6.60. The SMILES string of the molecule is CCNC(=NCC(C)(O)c1ccc(C)o1)NCCc1ccccc1OCC.I. The molecule has 6 nitrogen and oxygen atoms in total. The largest absolute Gasteiger partial charge is 0.494 e. The summed E-state index contributed by atoms with van der Waals surface area (Å²) in [6, 6.07) is 11.7. The number of nitrogens with zero attached hydrogens (tertiary/aromatic N) is 1. The van der Waals surface area contributed by atoms with Gasteiger partial charge in [0.1, 0.15) is 22.9 Å². The molecule has 0 fully saturated rings. The monoisotopic (exact) mass is 501 g/mol. The van der Waals surface area contributed by atoms with Crippen molar-refractivity contribution in [1.29, 1.82) is 0 Å². The molecule has 1 unspecified atom stereocenters. The third-order valence-corrected chi connectivity index (χ3v) is 4.12. The number of furan rings is 1. The predicted octanol–water partition coefficient (Wildman–Crippen LogP) is 3.61. The minimum absolute atomic E-state index is 0. The van der Waals surface area contributed by atoms with Crippen molar-refractivity contribution in [2.75, 3.05) is 26.2 Å². The zero-order chi connectivity index (χ0) is 19.7. The number of rotatable bonds is 9. The molecule has 28 heavy (non-hydrogen) atoms. The Kier molecular flexibility index (Phi) is 10.4. The van der Waals surface area contributed by atoms with Gasteiger partial charge in [0.2, 0.25) is 0 Å². The van der Waals surface area contributed by atoms with Crippen LogP contribution in [0.15, 0.2) is 45.8 Å². The van der Waals surface area contributed by atoms with Crippen molar-refractivity contribution in [3.05, 3.63) is 53.5 Å². The minimum Gasteiger partial charge on any atom is -0.494 e. The molecule has 0 saturated heterocycles. The molecular formula is C21H32IN3O3. The molecule has 0 amide bonds. The van der Waals surface area contributed by atoms with Crippen LogP contribution in [0.5, 0.6) is 5.75 Å². The van der Waals surface area contributed by atoms with Crippen LogP contribution in [0.2, 0.25) is 0 Å². The van der Waals surface area contributed by atoms with Crippen molar-refractivity contribution < 1.29 is 14.3 Å². The van der Waals surface area contributed by atoms with Crippen molar-refractivity contribution >= 4 is 29.9 Å². The van der Waals surface area contributed by atoms with Gasteiger partial charge in [-0.05, 0) is 57.9 Å². The summed E-state index contributed by atoms with van der Waals surface area (Å²) in [7, 11) is 0. The Morgan fingerprint density at radius 1 is 1.18 bits per heavy atom. The topological polar surface area (TPSA) is 79.0 Å². The van der Waals surface area contributed by atoms with Gasteiger partial charge in [-0.2, -0.15) is 0 Å². The second kappa shape index (κ2) is 12.0. The second-order valence-electron chi connectivity index (χ2n) is 6.60. The maximum absolute atomic E-state index is 10.6. The molecule has 1 heterocycles. The van der Waals surface area contributed by atoms with Gasteiger partial charge in [0.25, 0.3) is 0 Å². The standard InChI is InChI=1S/C21H31N3O3.HI/c1-5-22-20(24-15-21(4,25)19-12-11-16(3)27-19)23-14-13-17-9-7-8-10-18(17)26-6-2;/h7-12,25H,5-6,13-15H2,1-4H3,(H2,22,23,24);1H. The number of benzene rings is 1. The Morgan fingerprint density at radius 2 is 1.93 bits per heavy atom. The van der Waals surface area contributed by atoms with Gasteiger partial charge < -0.3 is 24.9 Å². The maximum Gasteiger partial charge on any atom is 0.191 e. The molecule has 2 rings (SSSR count). The predicted molar refractivity (Wildman–Crippen MR) is 124 cm³/mol. The Labute approximate surface area is 184 Å². The quantitative estimate of drug-likeness (QED) is 0.278. The summed E-state index contributed by atoms with van der Waals surface area (Å²) in [6.07, 6.45) is 0.814. The third kappa shape index (κ3) is 7.35. The van der Waals surface area contributed by atoms with E-state index in [-0.39, 0.29) is 30.5 Å². The van der Waals surface area contributed by atoms with E-state index >= 15 is 0 Å². The summed E-state index contributed by atoms with van der Waals surface area (Å²) in [5, 5.41) is 17.2. The summed E-state index contributed by atoms with van der Waals surface area (Å²) >= 11 is 0. The number of hydrogen-bond acceptors (Lipinski definition) is 4. The Hall–Kier alpha value is -1.74. The van der Waals surface area contributed by atoms with Gasteiger partial charge in [-0.15, -0.1) is 24.0 Å². The van der Waals surface area contributed by atoms with E-state index < -0.39 is 5.60 Å². The van der Waals surface area contributed by atoms with Crippen LogP contribution < -0.4 is 15.4 Å². The Bertz CT molecular complexity index is 744. The highest BCUT2D eigenvalue weighted by molar-refractivity contribution is 14.0. The smallest absolute Gasteiger partial charge is 0.191 e. The van der Waals surface area contributed by atoms with Gasteiger partial charge in [0.15, 0.2) is 5.96 Å². The van der Waals surface area contributed by atoms with Crippen LogP contribution in [0, 0.1) is 6.92 Å². The van der Waals surface area contributed by atoms with Crippen molar-refractivity contribution in [3.8, 4) is 5.75 Å². The number of ether oxygens (including phenoxy) is 1. The highest BCUT2D eigenvalue weighted by Crippen LogP contribution is 2.23. The molecule has 0 aliphatic heterocycles. The fourth-order valence-electron chi connectivity index (χ4n) is 2.70. The van der Waals surface area contributed by atoms with E-state index in [1.165, 1.54) is 0 Å². The molecule has 1 aromatic heterocycles. The van der Waals surface area contributed by atoms with Crippen LogP contribution in [-0.2, 0) is 12.0 Å². The van der Waals surface area contributed by atoms with Crippen LogP contribution in [0.25, 0.3) is 0 Å². The lowest BCUT2D eigenvalue weighted by Gasteiger charge is -2.20. The molecule has 2 aromatic rings. The number of aryl methyl sites for hydroxylation is 1. The number of hydrogen-bond donors (Lipinski definition) is 3. The van der Waals surface area contributed by atoms with E-state index in [1.807, 2.05) is 45.0 Å². The average molecular weight is 501 g/mol. The molecule has 0 bridgehead atoms. The van der Waals surface area contributed by atoms with E-state index in [4.69, 9.17) is 9.15 Å². The highest BCUT2D eigenvalue weighted by atomic mass is 127. The fraction of sp³-hybridized carbons (Fsp3) is 0.476. The summed E-state index contributed by atoms with van der Waals surface area (Å²) in [6.45, 7) is 9.85. The fourth-order valence-corrected chi connectivity index (χ4v) is 2.70. The first-order chi connectivity index (χ1) is 13.0. The zero-order valence-corrected chi connectivity index (χ0v) is 19.4. The molecule has 7 heteroatoms.